The van der Waals surface area contributed by atoms with Crippen molar-refractivity contribution in [2.45, 2.75) is 26.4 Å². The average Bonchev–Trinajstić information content (AvgIpc) is 2.97. The van der Waals surface area contributed by atoms with Gasteiger partial charge in [0.05, 0.1) is 11.8 Å². The van der Waals surface area contributed by atoms with Crippen LogP contribution in [0.5, 0.6) is 0 Å². The molecule has 1 aromatic carbocycles. The number of amides is 1. The number of carbonyl (C=O) groups is 1. The summed E-state index contributed by atoms with van der Waals surface area (Å²) in [6.45, 7) is 5.49. The van der Waals surface area contributed by atoms with Crippen LogP contribution in [-0.2, 0) is 0 Å². The molecule has 7 heteroatoms. The van der Waals surface area contributed by atoms with Crippen LogP contribution in [0.15, 0.2) is 24.4 Å². The lowest BCUT2D eigenvalue weighted by Crippen LogP contribution is -2.44. The van der Waals surface area contributed by atoms with Crippen LogP contribution >= 0.6 is 11.3 Å². The monoisotopic (exact) mass is 340 g/mol. The minimum atomic E-state index is -1.01. The van der Waals surface area contributed by atoms with Gasteiger partial charge >= 0.3 is 0 Å². The number of thiazole rings is 1. The molecule has 0 spiro atoms. The smallest absolute Gasteiger partial charge is 0.263 e. The van der Waals surface area contributed by atoms with Gasteiger partial charge in [-0.1, -0.05) is 13.8 Å². The summed E-state index contributed by atoms with van der Waals surface area (Å²) in [5, 5.41) is 13.2. The molecule has 1 unspecified atom stereocenters. The molecule has 1 heterocycles. The van der Waals surface area contributed by atoms with Crippen molar-refractivity contribution in [1.82, 2.24) is 10.3 Å². The normalized spacial score (nSPS) is 13.9. The zero-order valence-electron chi connectivity index (χ0n) is 13.1. The fourth-order valence-corrected chi connectivity index (χ4v) is 2.52. The van der Waals surface area contributed by atoms with E-state index in [0.717, 1.165) is 23.5 Å². The van der Waals surface area contributed by atoms with Crippen molar-refractivity contribution in [2.24, 2.45) is 5.92 Å². The molecule has 0 aliphatic rings. The van der Waals surface area contributed by atoms with Gasteiger partial charge in [-0.25, -0.2) is 13.8 Å². The Morgan fingerprint density at radius 1 is 1.39 bits per heavy atom. The Kier molecular flexibility index (Phi) is 5.11. The van der Waals surface area contributed by atoms with Crippen LogP contribution in [0.25, 0.3) is 10.6 Å². The average molecular weight is 340 g/mol. The van der Waals surface area contributed by atoms with Crippen molar-refractivity contribution >= 4 is 17.2 Å². The highest BCUT2D eigenvalue weighted by molar-refractivity contribution is 7.16. The number of carbonyl (C=O) groups excluding carboxylic acids is 1. The molecule has 0 saturated carbocycles. The van der Waals surface area contributed by atoms with Crippen molar-refractivity contribution < 1.29 is 18.7 Å². The van der Waals surface area contributed by atoms with Crippen LogP contribution < -0.4 is 5.32 Å². The van der Waals surface area contributed by atoms with Gasteiger partial charge < -0.3 is 10.4 Å². The molecule has 0 aliphatic carbocycles. The molecule has 2 N–H and O–H groups in total. The minimum Gasteiger partial charge on any atom is -0.388 e. The largest absolute Gasteiger partial charge is 0.388 e. The van der Waals surface area contributed by atoms with Gasteiger partial charge in [-0.15, -0.1) is 11.3 Å². The zero-order chi connectivity index (χ0) is 17.2. The molecule has 124 valence electrons. The standard InChI is InChI=1S/C16H18F2N2O2S/c1-9(2)16(3,22)8-20-14(21)13-7-19-15(23-13)10-4-5-11(17)12(18)6-10/h4-7,9,22H,8H2,1-3H3,(H,20,21). The van der Waals surface area contributed by atoms with Crippen LogP contribution in [0.4, 0.5) is 8.78 Å². The Morgan fingerprint density at radius 3 is 2.70 bits per heavy atom. The van der Waals surface area contributed by atoms with Gasteiger partial charge in [-0.3, -0.25) is 4.79 Å². The van der Waals surface area contributed by atoms with E-state index < -0.39 is 17.2 Å². The highest BCUT2D eigenvalue weighted by Gasteiger charge is 2.26. The highest BCUT2D eigenvalue weighted by Crippen LogP contribution is 2.26. The van der Waals surface area contributed by atoms with E-state index in [1.165, 1.54) is 12.3 Å². The summed E-state index contributed by atoms with van der Waals surface area (Å²) in [4.78, 5) is 16.5. The third-order valence-electron chi connectivity index (χ3n) is 3.75. The minimum absolute atomic E-state index is 0.0120. The quantitative estimate of drug-likeness (QED) is 0.878. The molecule has 0 radical (unpaired) electrons. The van der Waals surface area contributed by atoms with E-state index >= 15 is 0 Å². The molecular formula is C16H18F2N2O2S. The molecule has 4 nitrogen and oxygen atoms in total. The van der Waals surface area contributed by atoms with E-state index in [4.69, 9.17) is 0 Å². The van der Waals surface area contributed by atoms with Crippen LogP contribution in [0.3, 0.4) is 0 Å². The van der Waals surface area contributed by atoms with E-state index in [1.807, 2.05) is 13.8 Å². The Morgan fingerprint density at radius 2 is 2.09 bits per heavy atom. The molecule has 1 atom stereocenters. The summed E-state index contributed by atoms with van der Waals surface area (Å²) in [5.74, 6) is -2.27. The molecule has 0 aliphatic heterocycles. The molecule has 0 saturated heterocycles. The first-order valence-electron chi connectivity index (χ1n) is 7.12. The number of nitrogens with one attached hydrogen (secondary N) is 1. The molecule has 23 heavy (non-hydrogen) atoms. The Labute approximate surface area is 137 Å². The van der Waals surface area contributed by atoms with E-state index in [0.29, 0.717) is 15.4 Å². The Balaban J connectivity index is 2.09. The number of hydrogen-bond acceptors (Lipinski definition) is 4. The lowest BCUT2D eigenvalue weighted by atomic mass is 9.92. The lowest BCUT2D eigenvalue weighted by molar-refractivity contribution is 0.0143. The topological polar surface area (TPSA) is 62.2 Å². The van der Waals surface area contributed by atoms with E-state index in [9.17, 15) is 18.7 Å². The SMILES string of the molecule is CC(C)C(C)(O)CNC(=O)c1cnc(-c2ccc(F)c(F)c2)s1. The van der Waals surface area contributed by atoms with Crippen LogP contribution in [0, 0.1) is 17.6 Å². The van der Waals surface area contributed by atoms with Crippen LogP contribution in [-0.4, -0.2) is 28.1 Å². The number of nitrogens with zero attached hydrogens (tertiary/aromatic N) is 1. The molecule has 0 bridgehead atoms. The number of hydrogen-bond donors (Lipinski definition) is 2. The summed E-state index contributed by atoms with van der Waals surface area (Å²) in [7, 11) is 0. The first-order chi connectivity index (χ1) is 10.7. The van der Waals surface area contributed by atoms with Gasteiger partial charge in [0, 0.05) is 12.1 Å². The van der Waals surface area contributed by atoms with Gasteiger partial charge in [0.15, 0.2) is 11.6 Å². The fraction of sp³-hybridized carbons (Fsp3) is 0.375. The highest BCUT2D eigenvalue weighted by atomic mass is 32.1. The van der Waals surface area contributed by atoms with Crippen molar-refractivity contribution in [3.05, 3.63) is 40.9 Å². The Hall–Kier alpha value is -1.86. The summed E-state index contributed by atoms with van der Waals surface area (Å²) < 4.78 is 26.2. The number of aliphatic hydroxyl groups is 1. The first-order valence-corrected chi connectivity index (χ1v) is 7.94. The summed E-state index contributed by atoms with van der Waals surface area (Å²) >= 11 is 1.07. The Bertz CT molecular complexity index is 714. The molecule has 1 aromatic heterocycles. The van der Waals surface area contributed by atoms with E-state index in [1.54, 1.807) is 6.92 Å². The third-order valence-corrected chi connectivity index (χ3v) is 4.79. The van der Waals surface area contributed by atoms with Crippen molar-refractivity contribution in [2.75, 3.05) is 6.54 Å². The molecule has 0 fully saturated rings. The van der Waals surface area contributed by atoms with E-state index in [2.05, 4.69) is 10.3 Å². The van der Waals surface area contributed by atoms with E-state index in [-0.39, 0.29) is 18.4 Å². The number of benzene rings is 1. The summed E-state index contributed by atoms with van der Waals surface area (Å²) in [5.41, 5.74) is -0.606. The second kappa shape index (κ2) is 6.72. The van der Waals surface area contributed by atoms with Crippen molar-refractivity contribution in [3.8, 4) is 10.6 Å². The van der Waals surface area contributed by atoms with Gasteiger partial charge in [-0.2, -0.15) is 0 Å². The predicted molar refractivity (Wildman–Crippen MR) is 85.3 cm³/mol. The maximum absolute atomic E-state index is 13.3. The van der Waals surface area contributed by atoms with Gasteiger partial charge in [0.25, 0.3) is 5.91 Å². The zero-order valence-corrected chi connectivity index (χ0v) is 13.9. The molecule has 1 amide bonds. The van der Waals surface area contributed by atoms with Crippen LogP contribution in [0.1, 0.15) is 30.4 Å². The maximum Gasteiger partial charge on any atom is 0.263 e. The second-order valence-electron chi connectivity index (χ2n) is 5.85. The fourth-order valence-electron chi connectivity index (χ4n) is 1.69. The molecule has 2 aromatic rings. The number of aromatic nitrogens is 1. The number of rotatable bonds is 5. The lowest BCUT2D eigenvalue weighted by Gasteiger charge is -2.27. The predicted octanol–water partition coefficient (Wildman–Crippen LogP) is 3.23. The molecular weight excluding hydrogens is 322 g/mol. The van der Waals surface area contributed by atoms with Gasteiger partial charge in [-0.05, 0) is 31.0 Å². The van der Waals surface area contributed by atoms with Crippen molar-refractivity contribution in [3.63, 3.8) is 0 Å². The summed E-state index contributed by atoms with van der Waals surface area (Å²) in [6.07, 6.45) is 1.38. The van der Waals surface area contributed by atoms with Crippen LogP contribution in [0.2, 0.25) is 0 Å². The number of halogens is 2. The maximum atomic E-state index is 13.3. The second-order valence-corrected chi connectivity index (χ2v) is 6.88. The van der Waals surface area contributed by atoms with Crippen molar-refractivity contribution in [1.29, 1.82) is 0 Å². The third kappa shape index (κ3) is 4.11. The van der Waals surface area contributed by atoms with Gasteiger partial charge in [0.2, 0.25) is 0 Å². The van der Waals surface area contributed by atoms with Gasteiger partial charge in [0.1, 0.15) is 9.88 Å². The molecule has 2 rings (SSSR count). The summed E-state index contributed by atoms with van der Waals surface area (Å²) in [6, 6.07) is 3.47. The first kappa shape index (κ1) is 17.5.